The normalized spacial score (nSPS) is 11.5. The standard InChI is InChI=1S/C24H25N3O4S/c1-17-12-18(2)24(19(3)13-17)32(29,30)26-16-23(28)27-25-15-20-8-7-11-22(14-20)31-21-9-5-4-6-10-21/h4-15,26H,16H2,1-3H3,(H,27,28)/b25-15-. The van der Waals surface area contributed by atoms with E-state index in [0.717, 1.165) is 5.56 Å². The van der Waals surface area contributed by atoms with E-state index in [4.69, 9.17) is 4.74 Å². The lowest BCUT2D eigenvalue weighted by atomic mass is 10.1. The number of carbonyl (C=O) groups excluding carboxylic acids is 1. The Hall–Kier alpha value is -3.49. The van der Waals surface area contributed by atoms with E-state index in [1.54, 1.807) is 38.1 Å². The van der Waals surface area contributed by atoms with Crippen LogP contribution in [-0.2, 0) is 14.8 Å². The number of para-hydroxylation sites is 1. The summed E-state index contributed by atoms with van der Waals surface area (Å²) in [7, 11) is -3.83. The van der Waals surface area contributed by atoms with Crippen molar-refractivity contribution in [2.75, 3.05) is 6.54 Å². The number of hydrogen-bond donors (Lipinski definition) is 2. The minimum Gasteiger partial charge on any atom is -0.457 e. The van der Waals surface area contributed by atoms with E-state index in [1.807, 2.05) is 49.4 Å². The quantitative estimate of drug-likeness (QED) is 0.402. The van der Waals surface area contributed by atoms with Crippen molar-refractivity contribution in [2.45, 2.75) is 25.7 Å². The maximum absolute atomic E-state index is 12.6. The van der Waals surface area contributed by atoms with Gasteiger partial charge in [0.1, 0.15) is 11.5 Å². The van der Waals surface area contributed by atoms with Gasteiger partial charge in [0.25, 0.3) is 5.91 Å². The van der Waals surface area contributed by atoms with Gasteiger partial charge in [0.15, 0.2) is 0 Å². The van der Waals surface area contributed by atoms with E-state index in [-0.39, 0.29) is 4.90 Å². The fourth-order valence-corrected chi connectivity index (χ4v) is 4.76. The van der Waals surface area contributed by atoms with Gasteiger partial charge >= 0.3 is 0 Å². The number of carbonyl (C=O) groups is 1. The molecule has 0 radical (unpaired) electrons. The second-order valence-electron chi connectivity index (χ2n) is 7.33. The molecule has 0 aliphatic heterocycles. The molecule has 0 fully saturated rings. The van der Waals surface area contributed by atoms with Crippen LogP contribution in [0.4, 0.5) is 0 Å². The predicted octanol–water partition coefficient (Wildman–Crippen LogP) is 3.83. The summed E-state index contributed by atoms with van der Waals surface area (Å²) in [6, 6.07) is 20.1. The minimum absolute atomic E-state index is 0.189. The van der Waals surface area contributed by atoms with Crippen molar-refractivity contribution < 1.29 is 17.9 Å². The van der Waals surface area contributed by atoms with Crippen LogP contribution < -0.4 is 14.9 Å². The number of hydrogen-bond acceptors (Lipinski definition) is 5. The first kappa shape index (κ1) is 23.2. The summed E-state index contributed by atoms with van der Waals surface area (Å²) >= 11 is 0. The number of nitrogens with one attached hydrogen (secondary N) is 2. The fourth-order valence-electron chi connectivity index (χ4n) is 3.32. The van der Waals surface area contributed by atoms with Crippen molar-refractivity contribution >= 4 is 22.1 Å². The highest BCUT2D eigenvalue weighted by Gasteiger charge is 2.20. The van der Waals surface area contributed by atoms with E-state index in [1.165, 1.54) is 6.21 Å². The molecule has 0 spiro atoms. The maximum Gasteiger partial charge on any atom is 0.255 e. The Morgan fingerprint density at radius 1 is 0.938 bits per heavy atom. The largest absolute Gasteiger partial charge is 0.457 e. The lowest BCUT2D eigenvalue weighted by Crippen LogP contribution is -2.35. The zero-order chi connectivity index (χ0) is 23.1. The van der Waals surface area contributed by atoms with Gasteiger partial charge in [0, 0.05) is 0 Å². The number of rotatable bonds is 8. The molecule has 32 heavy (non-hydrogen) atoms. The van der Waals surface area contributed by atoms with Gasteiger partial charge in [-0.05, 0) is 61.7 Å². The summed E-state index contributed by atoms with van der Waals surface area (Å²) in [5.41, 5.74) is 5.28. The van der Waals surface area contributed by atoms with Gasteiger partial charge in [-0.15, -0.1) is 0 Å². The maximum atomic E-state index is 12.6. The SMILES string of the molecule is Cc1cc(C)c(S(=O)(=O)NCC(=O)N/N=C\c2cccc(Oc3ccccc3)c2)c(C)c1. The third-order valence-corrected chi connectivity index (χ3v) is 6.24. The molecule has 0 saturated carbocycles. The van der Waals surface area contributed by atoms with Gasteiger partial charge in [0.05, 0.1) is 17.7 Å². The van der Waals surface area contributed by atoms with Gasteiger partial charge in [-0.25, -0.2) is 18.6 Å². The highest BCUT2D eigenvalue weighted by Crippen LogP contribution is 2.22. The number of hydrazone groups is 1. The summed E-state index contributed by atoms with van der Waals surface area (Å²) < 4.78 is 33.4. The molecule has 1 amide bonds. The molecule has 0 aliphatic rings. The molecule has 3 aromatic rings. The van der Waals surface area contributed by atoms with Crippen molar-refractivity contribution in [1.29, 1.82) is 0 Å². The topological polar surface area (TPSA) is 96.9 Å². The third-order valence-electron chi connectivity index (χ3n) is 4.54. The van der Waals surface area contributed by atoms with Crippen molar-refractivity contribution in [2.24, 2.45) is 5.10 Å². The van der Waals surface area contributed by atoms with Crippen molar-refractivity contribution in [3.8, 4) is 11.5 Å². The molecule has 0 aromatic heterocycles. The average molecular weight is 452 g/mol. The third kappa shape index (κ3) is 6.26. The Labute approximate surface area is 188 Å². The van der Waals surface area contributed by atoms with E-state index in [0.29, 0.717) is 28.2 Å². The van der Waals surface area contributed by atoms with Crippen LogP contribution in [0.5, 0.6) is 11.5 Å². The van der Waals surface area contributed by atoms with Crippen molar-refractivity contribution in [3.63, 3.8) is 0 Å². The lowest BCUT2D eigenvalue weighted by molar-refractivity contribution is -0.119. The second kappa shape index (κ2) is 10.2. The van der Waals surface area contributed by atoms with Crippen LogP contribution in [0.25, 0.3) is 0 Å². The van der Waals surface area contributed by atoms with Crippen LogP contribution >= 0.6 is 0 Å². The highest BCUT2D eigenvalue weighted by molar-refractivity contribution is 7.89. The summed E-state index contributed by atoms with van der Waals surface area (Å²) in [4.78, 5) is 12.3. The van der Waals surface area contributed by atoms with Gasteiger partial charge in [-0.2, -0.15) is 5.10 Å². The number of aryl methyl sites for hydroxylation is 3. The molecule has 166 valence electrons. The minimum atomic E-state index is -3.83. The summed E-state index contributed by atoms with van der Waals surface area (Å²) in [5.74, 6) is 0.758. The Bertz CT molecular complexity index is 1220. The summed E-state index contributed by atoms with van der Waals surface area (Å²) in [6.45, 7) is 4.94. The second-order valence-corrected chi connectivity index (χ2v) is 9.04. The fraction of sp³-hybridized carbons (Fsp3) is 0.167. The molecule has 0 heterocycles. The Kier molecular flexibility index (Phi) is 7.40. The molecule has 2 N–H and O–H groups in total. The summed E-state index contributed by atoms with van der Waals surface area (Å²) in [6.07, 6.45) is 1.46. The molecular formula is C24H25N3O4S. The molecule has 8 heteroatoms. The van der Waals surface area contributed by atoms with E-state index in [9.17, 15) is 13.2 Å². The highest BCUT2D eigenvalue weighted by atomic mass is 32.2. The van der Waals surface area contributed by atoms with E-state index >= 15 is 0 Å². The van der Waals surface area contributed by atoms with Crippen LogP contribution in [0.15, 0.2) is 76.7 Å². The molecule has 0 aliphatic carbocycles. The van der Waals surface area contributed by atoms with Crippen molar-refractivity contribution in [1.82, 2.24) is 10.1 Å². The Morgan fingerprint density at radius 3 is 2.28 bits per heavy atom. The number of nitrogens with zero attached hydrogens (tertiary/aromatic N) is 1. The monoisotopic (exact) mass is 451 g/mol. The molecular weight excluding hydrogens is 426 g/mol. The van der Waals surface area contributed by atoms with Crippen LogP contribution in [0.3, 0.4) is 0 Å². The van der Waals surface area contributed by atoms with Gasteiger partial charge in [0.2, 0.25) is 10.0 Å². The van der Waals surface area contributed by atoms with Gasteiger partial charge < -0.3 is 4.74 Å². The number of benzene rings is 3. The average Bonchev–Trinajstić information content (AvgIpc) is 2.72. The lowest BCUT2D eigenvalue weighted by Gasteiger charge is -2.12. The first-order valence-electron chi connectivity index (χ1n) is 9.97. The van der Waals surface area contributed by atoms with E-state index in [2.05, 4.69) is 15.2 Å². The van der Waals surface area contributed by atoms with Crippen molar-refractivity contribution in [3.05, 3.63) is 89.0 Å². The van der Waals surface area contributed by atoms with Gasteiger partial charge in [-0.3, -0.25) is 4.79 Å². The Balaban J connectivity index is 1.57. The molecule has 0 bridgehead atoms. The zero-order valence-electron chi connectivity index (χ0n) is 18.1. The first-order chi connectivity index (χ1) is 15.2. The number of sulfonamides is 1. The molecule has 0 atom stereocenters. The molecule has 0 unspecified atom stereocenters. The Morgan fingerprint density at radius 2 is 1.59 bits per heavy atom. The molecule has 3 rings (SSSR count). The molecule has 7 nitrogen and oxygen atoms in total. The smallest absolute Gasteiger partial charge is 0.255 e. The van der Waals surface area contributed by atoms with Crippen LogP contribution in [0, 0.1) is 20.8 Å². The number of ether oxygens (including phenoxy) is 1. The van der Waals surface area contributed by atoms with Crippen LogP contribution in [0.1, 0.15) is 22.3 Å². The van der Waals surface area contributed by atoms with Gasteiger partial charge in [-0.1, -0.05) is 48.0 Å². The molecule has 3 aromatic carbocycles. The zero-order valence-corrected chi connectivity index (χ0v) is 18.9. The predicted molar refractivity (Wildman–Crippen MR) is 125 cm³/mol. The first-order valence-corrected chi connectivity index (χ1v) is 11.5. The summed E-state index contributed by atoms with van der Waals surface area (Å²) in [5, 5.41) is 3.89. The number of amides is 1. The molecule has 0 saturated heterocycles. The van der Waals surface area contributed by atoms with E-state index < -0.39 is 22.5 Å². The van der Waals surface area contributed by atoms with Crippen LogP contribution in [0.2, 0.25) is 0 Å². The van der Waals surface area contributed by atoms with Crippen LogP contribution in [-0.4, -0.2) is 27.1 Å².